The van der Waals surface area contributed by atoms with Crippen molar-refractivity contribution in [3.63, 3.8) is 0 Å². The zero-order valence-corrected chi connectivity index (χ0v) is 23.2. The lowest BCUT2D eigenvalue weighted by Gasteiger charge is -2.11. The van der Waals surface area contributed by atoms with Crippen LogP contribution < -0.4 is 0 Å². The molecule has 0 saturated heterocycles. The summed E-state index contributed by atoms with van der Waals surface area (Å²) >= 11 is 0. The van der Waals surface area contributed by atoms with Crippen LogP contribution in [0, 0.1) is 0 Å². The Balaban J connectivity index is 0.00000181. The van der Waals surface area contributed by atoms with E-state index in [-0.39, 0.29) is 11.5 Å². The van der Waals surface area contributed by atoms with Crippen molar-refractivity contribution < 1.29 is 10.2 Å². The number of rotatable bonds is 6. The van der Waals surface area contributed by atoms with Gasteiger partial charge in [-0.1, -0.05) is 111 Å². The quantitative estimate of drug-likeness (QED) is 0.215. The predicted molar refractivity (Wildman–Crippen MR) is 165 cm³/mol. The van der Waals surface area contributed by atoms with E-state index in [1.54, 1.807) is 6.07 Å². The molecule has 0 aliphatic rings. The van der Waals surface area contributed by atoms with Gasteiger partial charge in [-0.25, -0.2) is 15.0 Å². The molecule has 5 nitrogen and oxygen atoms in total. The molecule has 1 heterocycles. The van der Waals surface area contributed by atoms with Crippen molar-refractivity contribution >= 4 is 5.57 Å². The molecule has 0 amide bonds. The molecule has 0 saturated carbocycles. The van der Waals surface area contributed by atoms with E-state index >= 15 is 0 Å². The molecule has 0 spiro atoms. The molecule has 0 fully saturated rings. The Morgan fingerprint density at radius 1 is 0.600 bits per heavy atom. The van der Waals surface area contributed by atoms with E-state index in [1.165, 1.54) is 12.1 Å². The van der Waals surface area contributed by atoms with Gasteiger partial charge in [0.1, 0.15) is 11.5 Å². The summed E-state index contributed by atoms with van der Waals surface area (Å²) in [6.07, 6.45) is 6.16. The van der Waals surface area contributed by atoms with Gasteiger partial charge < -0.3 is 10.2 Å². The van der Waals surface area contributed by atoms with Gasteiger partial charge in [0.2, 0.25) is 0 Å². The highest BCUT2D eigenvalue weighted by Crippen LogP contribution is 2.33. The zero-order chi connectivity index (χ0) is 28.5. The van der Waals surface area contributed by atoms with Crippen molar-refractivity contribution in [2.75, 3.05) is 0 Å². The lowest BCUT2D eigenvalue weighted by molar-refractivity contribution is 0.451. The van der Waals surface area contributed by atoms with Crippen LogP contribution in [-0.4, -0.2) is 25.2 Å². The summed E-state index contributed by atoms with van der Waals surface area (Å²) in [4.78, 5) is 14.2. The Kier molecular flexibility index (Phi) is 9.21. The van der Waals surface area contributed by atoms with Gasteiger partial charge in [-0.05, 0) is 48.2 Å². The highest BCUT2D eigenvalue weighted by molar-refractivity contribution is 5.76. The number of aromatic nitrogens is 3. The fraction of sp³-hybridized carbons (Fsp3) is 0.114. The molecule has 40 heavy (non-hydrogen) atoms. The second kappa shape index (κ2) is 13.2. The first-order valence-electron chi connectivity index (χ1n) is 13.4. The highest BCUT2D eigenvalue weighted by atomic mass is 16.3. The second-order valence-corrected chi connectivity index (χ2v) is 8.77. The first kappa shape index (κ1) is 28.0. The van der Waals surface area contributed by atoms with Crippen LogP contribution in [0.25, 0.3) is 50.9 Å². The van der Waals surface area contributed by atoms with Crippen molar-refractivity contribution in [3.8, 4) is 56.8 Å². The molecule has 0 aliphatic heterocycles. The number of phenols is 2. The molecule has 0 radical (unpaired) electrons. The Bertz CT molecular complexity index is 1620. The molecular weight excluding hydrogens is 494 g/mol. The van der Waals surface area contributed by atoms with Crippen molar-refractivity contribution in [2.24, 2.45) is 0 Å². The summed E-state index contributed by atoms with van der Waals surface area (Å²) < 4.78 is 0. The van der Waals surface area contributed by atoms with E-state index in [0.717, 1.165) is 33.4 Å². The maximum atomic E-state index is 10.5. The monoisotopic (exact) mass is 527 g/mol. The number of hydrogen-bond donors (Lipinski definition) is 2. The number of aromatic hydroxyl groups is 2. The Morgan fingerprint density at radius 3 is 1.68 bits per heavy atom. The molecule has 5 aromatic rings. The van der Waals surface area contributed by atoms with Crippen molar-refractivity contribution in [1.82, 2.24) is 15.0 Å². The van der Waals surface area contributed by atoms with Gasteiger partial charge in [-0.15, -0.1) is 0 Å². The summed E-state index contributed by atoms with van der Waals surface area (Å²) in [7, 11) is 0. The Labute approximate surface area is 235 Å². The van der Waals surface area contributed by atoms with Crippen LogP contribution in [0.2, 0.25) is 0 Å². The van der Waals surface area contributed by atoms with Crippen LogP contribution in [0.15, 0.2) is 115 Å². The molecule has 0 atom stereocenters. The predicted octanol–water partition coefficient (Wildman–Crippen LogP) is 8.96. The summed E-state index contributed by atoms with van der Waals surface area (Å²) in [5.74, 6) is 1.16. The molecule has 2 N–H and O–H groups in total. The van der Waals surface area contributed by atoms with Gasteiger partial charge in [-0.3, -0.25) is 0 Å². The van der Waals surface area contributed by atoms with Gasteiger partial charge in [0.05, 0.1) is 5.56 Å². The third-order valence-electron chi connectivity index (χ3n) is 6.24. The third kappa shape index (κ3) is 6.33. The molecule has 5 rings (SSSR count). The summed E-state index contributed by atoms with van der Waals surface area (Å²) in [5.41, 5.74) is 6.51. The van der Waals surface area contributed by atoms with Crippen LogP contribution in [0.5, 0.6) is 11.5 Å². The fourth-order valence-electron chi connectivity index (χ4n) is 4.26. The van der Waals surface area contributed by atoms with E-state index in [0.29, 0.717) is 23.0 Å². The fourth-order valence-corrected chi connectivity index (χ4v) is 4.26. The standard InChI is InChI=1S/C33H27N3O2.C2H6/c1-3-8-22(4-2)24-11-15-26(16-12-24)31-34-32(36-33(35-31)29-20-19-28(37)21-30(29)38)27-17-13-25(14-18-27)23-9-6-5-7-10-23;1-2/h3-21,37-38H,1-2H3;1-2H3/b8-3-,22-4+;. The van der Waals surface area contributed by atoms with Crippen molar-refractivity contribution in [2.45, 2.75) is 27.7 Å². The summed E-state index contributed by atoms with van der Waals surface area (Å²) in [6, 6.07) is 30.7. The van der Waals surface area contributed by atoms with Crippen LogP contribution in [0.1, 0.15) is 33.3 Å². The molecule has 4 aromatic carbocycles. The number of allylic oxidation sites excluding steroid dienone is 4. The first-order valence-corrected chi connectivity index (χ1v) is 13.4. The minimum Gasteiger partial charge on any atom is -0.508 e. The van der Waals surface area contributed by atoms with Gasteiger partial charge in [-0.2, -0.15) is 0 Å². The molecule has 0 unspecified atom stereocenters. The molecular formula is C35H33N3O2. The maximum absolute atomic E-state index is 10.5. The van der Waals surface area contributed by atoms with Gasteiger partial charge >= 0.3 is 0 Å². The van der Waals surface area contributed by atoms with Crippen LogP contribution in [0.3, 0.4) is 0 Å². The van der Waals surface area contributed by atoms with E-state index in [9.17, 15) is 10.2 Å². The smallest absolute Gasteiger partial charge is 0.167 e. The average molecular weight is 528 g/mol. The lowest BCUT2D eigenvalue weighted by atomic mass is 10.0. The first-order chi connectivity index (χ1) is 19.6. The van der Waals surface area contributed by atoms with Crippen molar-refractivity contribution in [1.29, 1.82) is 0 Å². The number of phenolic OH excluding ortho intramolecular Hbond substituents is 2. The highest BCUT2D eigenvalue weighted by Gasteiger charge is 2.15. The van der Waals surface area contributed by atoms with E-state index in [4.69, 9.17) is 15.0 Å². The summed E-state index contributed by atoms with van der Waals surface area (Å²) in [6.45, 7) is 8.01. The van der Waals surface area contributed by atoms with Gasteiger partial charge in [0.15, 0.2) is 17.5 Å². The third-order valence-corrected chi connectivity index (χ3v) is 6.24. The van der Waals surface area contributed by atoms with Crippen LogP contribution >= 0.6 is 0 Å². The lowest BCUT2D eigenvalue weighted by Crippen LogP contribution is -2.00. The Morgan fingerprint density at radius 2 is 1.12 bits per heavy atom. The normalized spacial score (nSPS) is 11.2. The zero-order valence-electron chi connectivity index (χ0n) is 23.2. The number of nitrogens with zero attached hydrogens (tertiary/aromatic N) is 3. The number of hydrogen-bond acceptors (Lipinski definition) is 5. The minimum atomic E-state index is -0.105. The average Bonchev–Trinajstić information content (AvgIpc) is 3.01. The van der Waals surface area contributed by atoms with E-state index in [2.05, 4.69) is 24.3 Å². The second-order valence-electron chi connectivity index (χ2n) is 8.77. The van der Waals surface area contributed by atoms with Crippen molar-refractivity contribution in [3.05, 3.63) is 121 Å². The van der Waals surface area contributed by atoms with Gasteiger partial charge in [0.25, 0.3) is 0 Å². The molecule has 0 aliphatic carbocycles. The van der Waals surface area contributed by atoms with E-state index < -0.39 is 0 Å². The Hall–Kier alpha value is -5.03. The largest absolute Gasteiger partial charge is 0.508 e. The van der Waals surface area contributed by atoms with Gasteiger partial charge in [0, 0.05) is 17.2 Å². The maximum Gasteiger partial charge on any atom is 0.167 e. The van der Waals surface area contributed by atoms with Crippen LogP contribution in [0.4, 0.5) is 0 Å². The SMILES string of the molecule is C/C=C\C(=C/C)c1ccc(-c2nc(-c3ccc(-c4ccccc4)cc3)nc(-c3ccc(O)cc3O)n2)cc1.CC. The topological polar surface area (TPSA) is 79.1 Å². The van der Waals surface area contributed by atoms with E-state index in [1.807, 2.05) is 101 Å². The molecule has 5 heteroatoms. The molecule has 200 valence electrons. The number of benzene rings is 4. The minimum absolute atomic E-state index is 0.0336. The summed E-state index contributed by atoms with van der Waals surface area (Å²) in [5, 5.41) is 20.3. The molecule has 0 bridgehead atoms. The molecule has 1 aromatic heterocycles. The van der Waals surface area contributed by atoms with Crippen LogP contribution in [-0.2, 0) is 0 Å².